The molecule has 30 nitrogen and oxygen atoms in total. The van der Waals surface area contributed by atoms with Gasteiger partial charge in [0.25, 0.3) is 0 Å². The molecule has 0 bridgehead atoms. The Labute approximate surface area is 589 Å². The second-order valence-electron chi connectivity index (χ2n) is 27.8. The van der Waals surface area contributed by atoms with Crippen LogP contribution in [0.2, 0.25) is 0 Å². The summed E-state index contributed by atoms with van der Waals surface area (Å²) in [7, 11) is 0. The van der Waals surface area contributed by atoms with Crippen LogP contribution in [-0.4, -0.2) is 299 Å². The minimum absolute atomic E-state index is 0.200. The van der Waals surface area contributed by atoms with Crippen LogP contribution in [0, 0.1) is 0 Å². The molecule has 0 aromatic rings. The van der Waals surface area contributed by atoms with Gasteiger partial charge in [-0.3, -0.25) is 9.59 Å². The fraction of sp³-hybridized carbons (Fsp3) is 0.943. The summed E-state index contributed by atoms with van der Waals surface area (Å²) in [4.78, 5) is 26.0. The third-order valence-electron chi connectivity index (χ3n) is 19.7. The number of unbranched alkanes of at least 4 members (excludes halogenated alkanes) is 27. The fourth-order valence-electron chi connectivity index (χ4n) is 13.6. The highest BCUT2D eigenvalue weighted by atomic mass is 16.8. The molecule has 0 aromatic heterocycles. The van der Waals surface area contributed by atoms with Crippen molar-refractivity contribution in [2.24, 2.45) is 0 Å². The van der Waals surface area contributed by atoms with E-state index in [0.717, 1.165) is 51.9 Å². The Morgan fingerprint density at radius 1 is 0.390 bits per heavy atom. The fourth-order valence-corrected chi connectivity index (χ4v) is 13.6. The average molecular weight is 1450 g/mol. The van der Waals surface area contributed by atoms with Crippen LogP contribution < -0.4 is 10.6 Å². The zero-order valence-corrected chi connectivity index (χ0v) is 59.3. The van der Waals surface area contributed by atoms with Gasteiger partial charge in [0.2, 0.25) is 11.8 Å². The normalized spacial score (nSPS) is 35.6. The Kier molecular flexibility index (Phi) is 43.0. The zero-order valence-electron chi connectivity index (χ0n) is 59.3. The Balaban J connectivity index is 1.17. The molecule has 5 saturated heterocycles. The maximum absolute atomic E-state index is 13.5. The molecule has 5 aliphatic rings. The van der Waals surface area contributed by atoms with Gasteiger partial charge in [0.05, 0.1) is 51.8 Å². The molecule has 5 fully saturated rings. The highest BCUT2D eigenvalue weighted by Crippen LogP contribution is 2.36. The first-order valence-electron chi connectivity index (χ1n) is 37.5. The first-order valence-corrected chi connectivity index (χ1v) is 37.5. The largest absolute Gasteiger partial charge is 0.394 e. The van der Waals surface area contributed by atoms with E-state index in [1.807, 2.05) is 6.08 Å². The highest BCUT2D eigenvalue weighted by molar-refractivity contribution is 5.76. The van der Waals surface area contributed by atoms with Gasteiger partial charge in [-0.2, -0.15) is 0 Å². The Morgan fingerprint density at radius 2 is 0.740 bits per heavy atom. The van der Waals surface area contributed by atoms with Gasteiger partial charge >= 0.3 is 0 Å². The SMILES string of the molecule is CCCCCCCCCCCCC/C=C/[C@@H](O)[C@H](CO[C@@H]1OC(CO)[C@@H](O[C@@H]2OC(CO)[C@H](O[C@@H]3OC(CO)[C@H](O)[C@H](O[C@@H]4OC(CO)[C@H](O[C@@H]5OC(CO)[C@H](O)[C@H](O)C5O)[C@H](O)C4NC(C)=O)C3O)[C@H](O)C2O)[C@H](O)C1O)NC(=O)CCCCCCCCCCCCCCCCCCC. The first-order chi connectivity index (χ1) is 48.2. The molecule has 10 unspecified atom stereocenters. The molecule has 0 aromatic carbocycles. The van der Waals surface area contributed by atoms with E-state index in [1.54, 1.807) is 6.08 Å². The monoisotopic (exact) mass is 1440 g/mol. The van der Waals surface area contributed by atoms with Crippen LogP contribution in [0.5, 0.6) is 0 Å². The number of allylic oxidation sites excluding steroid dienone is 1. The second-order valence-corrected chi connectivity index (χ2v) is 27.8. The number of aliphatic hydroxyl groups excluding tert-OH is 16. The number of carbonyl (C=O) groups excluding carboxylic acids is 2. The van der Waals surface area contributed by atoms with Crippen LogP contribution in [0.25, 0.3) is 0 Å². The van der Waals surface area contributed by atoms with Gasteiger partial charge in [0.1, 0.15) is 122 Å². The van der Waals surface area contributed by atoms with Crippen molar-refractivity contribution >= 4 is 11.8 Å². The summed E-state index contributed by atoms with van der Waals surface area (Å²) in [5.74, 6) is -1.12. The standard InChI is InChI=1S/C70H128N2O28/c1-4-6-8-10-12-14-16-18-19-20-21-23-25-27-29-31-33-35-50(80)72-43(44(79)34-32-30-28-26-24-22-17-15-13-11-9-7-5-2)41-91-67-59(88)56(85)63(48(39-76)95-67)98-69-60(89)57(86)64(49(40-77)96-69)99-70-61(90)65(53(82)46(37-74)93-70)100-66-51(71-42(3)78)54(83)62(47(38-75)94-66)97-68-58(87)55(84)52(81)45(36-73)92-68/h32,34,43-49,51-70,73-77,79,81-90H,4-31,33,35-41H2,1-3H3,(H,71,78)(H,72,80)/b34-32+/t43-,44+,45?,46?,47?,48?,49?,51?,52-,53-,54+,55-,56+,57+,58?,59?,60?,61?,62-,63+,64-,65-,66-,67+,68-,69-,70-/m0/s1. The van der Waals surface area contributed by atoms with Crippen molar-refractivity contribution in [2.45, 2.75) is 379 Å². The van der Waals surface area contributed by atoms with Gasteiger partial charge < -0.3 is 140 Å². The molecule has 2 amide bonds. The van der Waals surface area contributed by atoms with E-state index in [9.17, 15) is 91.3 Å². The minimum Gasteiger partial charge on any atom is -0.394 e. The summed E-state index contributed by atoms with van der Waals surface area (Å²) >= 11 is 0. The number of nitrogens with one attached hydrogen (secondary N) is 2. The predicted octanol–water partition coefficient (Wildman–Crippen LogP) is 0.388. The third-order valence-corrected chi connectivity index (χ3v) is 19.7. The smallest absolute Gasteiger partial charge is 0.220 e. The molecular weight excluding hydrogens is 1320 g/mol. The molecular formula is C70H128N2O28. The summed E-state index contributed by atoms with van der Waals surface area (Å²) < 4.78 is 58.2. The van der Waals surface area contributed by atoms with E-state index >= 15 is 0 Å². The molecule has 5 rings (SSSR count). The highest BCUT2D eigenvalue weighted by Gasteiger charge is 2.57. The number of hydrogen-bond acceptors (Lipinski definition) is 28. The Bertz CT molecular complexity index is 2180. The second kappa shape index (κ2) is 48.8. The van der Waals surface area contributed by atoms with E-state index in [-0.39, 0.29) is 12.3 Å². The number of rotatable bonds is 50. The molecule has 30 heteroatoms. The van der Waals surface area contributed by atoms with Crippen LogP contribution in [0.1, 0.15) is 213 Å². The number of carbonyl (C=O) groups is 2. The maximum Gasteiger partial charge on any atom is 0.220 e. The molecule has 5 aliphatic heterocycles. The molecule has 0 spiro atoms. The van der Waals surface area contributed by atoms with E-state index in [4.69, 9.17) is 47.4 Å². The molecule has 0 radical (unpaired) electrons. The van der Waals surface area contributed by atoms with Crippen LogP contribution in [-0.2, 0) is 57.0 Å². The van der Waals surface area contributed by atoms with E-state index in [0.29, 0.717) is 12.8 Å². The molecule has 100 heavy (non-hydrogen) atoms. The maximum atomic E-state index is 13.5. The van der Waals surface area contributed by atoms with Crippen LogP contribution in [0.3, 0.4) is 0 Å². The predicted molar refractivity (Wildman–Crippen MR) is 359 cm³/mol. The average Bonchev–Trinajstić information content (AvgIpc) is 0.778. The van der Waals surface area contributed by atoms with Gasteiger partial charge in [0.15, 0.2) is 31.5 Å². The number of aliphatic hydroxyl groups is 16. The minimum atomic E-state index is -2.17. The third kappa shape index (κ3) is 28.1. The van der Waals surface area contributed by atoms with E-state index in [2.05, 4.69) is 24.5 Å². The molecule has 0 saturated carbocycles. The van der Waals surface area contributed by atoms with Gasteiger partial charge in [-0.15, -0.1) is 0 Å². The Hall–Kier alpha value is -2.36. The summed E-state index contributed by atoms with van der Waals surface area (Å²) in [6, 6.07) is -2.74. The van der Waals surface area contributed by atoms with Crippen molar-refractivity contribution in [2.75, 3.05) is 39.6 Å². The van der Waals surface area contributed by atoms with Crippen LogP contribution >= 0.6 is 0 Å². The van der Waals surface area contributed by atoms with E-state index < -0.39 is 211 Å². The van der Waals surface area contributed by atoms with Crippen molar-refractivity contribution < 1.29 is 139 Å². The number of hydrogen-bond donors (Lipinski definition) is 18. The lowest BCUT2D eigenvalue weighted by Gasteiger charge is -2.50. The van der Waals surface area contributed by atoms with Gasteiger partial charge in [-0.1, -0.05) is 193 Å². The summed E-state index contributed by atoms with van der Waals surface area (Å²) in [5, 5.41) is 181. The lowest BCUT2D eigenvalue weighted by atomic mass is 9.94. The van der Waals surface area contributed by atoms with E-state index in [1.165, 1.54) is 128 Å². The summed E-state index contributed by atoms with van der Waals surface area (Å²) in [6.45, 7) is 0.390. The molecule has 586 valence electrons. The van der Waals surface area contributed by atoms with Crippen molar-refractivity contribution in [3.05, 3.63) is 12.2 Å². The molecule has 27 atom stereocenters. The molecule has 5 heterocycles. The first kappa shape index (κ1) is 88.3. The lowest BCUT2D eigenvalue weighted by Crippen LogP contribution is -2.70. The topological polar surface area (TPSA) is 474 Å². The summed E-state index contributed by atoms with van der Waals surface area (Å²) in [5.41, 5.74) is 0. The zero-order chi connectivity index (χ0) is 73.1. The number of amides is 2. The Morgan fingerprint density at radius 3 is 1.18 bits per heavy atom. The quantitative estimate of drug-likeness (QED) is 0.0289. The molecule has 0 aliphatic carbocycles. The van der Waals surface area contributed by atoms with Crippen LogP contribution in [0.15, 0.2) is 12.2 Å². The van der Waals surface area contributed by atoms with Gasteiger partial charge in [-0.05, 0) is 19.3 Å². The lowest BCUT2D eigenvalue weighted by molar-refractivity contribution is -0.389. The van der Waals surface area contributed by atoms with Crippen molar-refractivity contribution in [3.63, 3.8) is 0 Å². The van der Waals surface area contributed by atoms with Crippen molar-refractivity contribution in [3.8, 4) is 0 Å². The van der Waals surface area contributed by atoms with Gasteiger partial charge in [-0.25, -0.2) is 0 Å². The van der Waals surface area contributed by atoms with Gasteiger partial charge in [0, 0.05) is 13.3 Å². The summed E-state index contributed by atoms with van der Waals surface area (Å²) in [6.07, 6.45) is -8.20. The van der Waals surface area contributed by atoms with Crippen molar-refractivity contribution in [1.29, 1.82) is 0 Å². The van der Waals surface area contributed by atoms with Crippen molar-refractivity contribution in [1.82, 2.24) is 10.6 Å². The molecule has 18 N–H and O–H groups in total. The number of ether oxygens (including phenoxy) is 10. The van der Waals surface area contributed by atoms with Crippen LogP contribution in [0.4, 0.5) is 0 Å².